The third-order valence-corrected chi connectivity index (χ3v) is 5.74. The molecule has 1 aromatic heterocycles. The molecule has 0 aliphatic carbocycles. The van der Waals surface area contributed by atoms with Crippen LogP contribution in [-0.2, 0) is 10.0 Å². The van der Waals surface area contributed by atoms with E-state index in [9.17, 15) is 8.42 Å². The van der Waals surface area contributed by atoms with Crippen molar-refractivity contribution in [3.05, 3.63) is 18.5 Å². The molecule has 1 saturated heterocycles. The number of pyridine rings is 1. The average Bonchev–Trinajstić information content (AvgIpc) is 2.95. The molecule has 1 fully saturated rings. The molecule has 2 N–H and O–H groups in total. The Morgan fingerprint density at radius 3 is 3.05 bits per heavy atom. The highest BCUT2D eigenvalue weighted by Crippen LogP contribution is 2.31. The van der Waals surface area contributed by atoms with Crippen molar-refractivity contribution >= 4 is 15.7 Å². The first-order chi connectivity index (χ1) is 10.1. The van der Waals surface area contributed by atoms with Crippen LogP contribution in [0.4, 0.5) is 5.69 Å². The number of rotatable bonds is 7. The smallest absolute Gasteiger partial charge is 0.246 e. The predicted molar refractivity (Wildman–Crippen MR) is 81.6 cm³/mol. The molecule has 0 aromatic carbocycles. The fourth-order valence-electron chi connectivity index (χ4n) is 2.79. The molecule has 1 aromatic rings. The number of sulfonamides is 1. The van der Waals surface area contributed by atoms with Gasteiger partial charge in [0.25, 0.3) is 0 Å². The van der Waals surface area contributed by atoms with Crippen molar-refractivity contribution in [2.24, 2.45) is 0 Å². The van der Waals surface area contributed by atoms with Crippen molar-refractivity contribution in [2.75, 3.05) is 25.0 Å². The molecule has 2 heterocycles. The van der Waals surface area contributed by atoms with E-state index in [1.165, 1.54) is 6.20 Å². The van der Waals surface area contributed by atoms with Crippen LogP contribution in [0.3, 0.4) is 0 Å². The van der Waals surface area contributed by atoms with Gasteiger partial charge in [0, 0.05) is 38.1 Å². The van der Waals surface area contributed by atoms with Crippen molar-refractivity contribution < 1.29 is 13.5 Å². The van der Waals surface area contributed by atoms with Gasteiger partial charge in [0.2, 0.25) is 10.0 Å². The summed E-state index contributed by atoms with van der Waals surface area (Å²) in [5.74, 6) is 0. The van der Waals surface area contributed by atoms with Crippen LogP contribution in [0.15, 0.2) is 23.4 Å². The van der Waals surface area contributed by atoms with Gasteiger partial charge in [0.1, 0.15) is 4.90 Å². The van der Waals surface area contributed by atoms with E-state index in [-0.39, 0.29) is 17.5 Å². The van der Waals surface area contributed by atoms with E-state index in [4.69, 9.17) is 5.11 Å². The molecule has 0 radical (unpaired) electrons. The van der Waals surface area contributed by atoms with Crippen molar-refractivity contribution in [3.8, 4) is 0 Å². The molecule has 7 heteroatoms. The van der Waals surface area contributed by atoms with Crippen molar-refractivity contribution in [1.82, 2.24) is 9.29 Å². The predicted octanol–water partition coefficient (Wildman–Crippen LogP) is 1.44. The van der Waals surface area contributed by atoms with E-state index in [2.05, 4.69) is 10.3 Å². The van der Waals surface area contributed by atoms with Crippen molar-refractivity contribution in [3.63, 3.8) is 0 Å². The maximum Gasteiger partial charge on any atom is 0.246 e. The van der Waals surface area contributed by atoms with Gasteiger partial charge >= 0.3 is 0 Å². The topological polar surface area (TPSA) is 82.5 Å². The SMILES string of the molecule is CCNc1ccncc1S(=O)(=O)N1CCCC1CCCO. The number of aliphatic hydroxyl groups excluding tert-OH is 1. The Kier molecular flexibility index (Phi) is 5.55. The summed E-state index contributed by atoms with van der Waals surface area (Å²) in [6.45, 7) is 3.22. The fourth-order valence-corrected chi connectivity index (χ4v) is 4.63. The lowest BCUT2D eigenvalue weighted by atomic mass is 10.1. The quantitative estimate of drug-likeness (QED) is 0.796. The van der Waals surface area contributed by atoms with Crippen LogP contribution in [0.1, 0.15) is 32.6 Å². The van der Waals surface area contributed by atoms with Gasteiger partial charge in [-0.3, -0.25) is 4.98 Å². The highest BCUT2D eigenvalue weighted by atomic mass is 32.2. The van der Waals surface area contributed by atoms with Gasteiger partial charge in [-0.1, -0.05) is 0 Å². The molecule has 0 amide bonds. The van der Waals surface area contributed by atoms with Crippen LogP contribution >= 0.6 is 0 Å². The standard InChI is InChI=1S/C14H23N3O3S/c1-2-16-13-7-8-15-11-14(13)21(19,20)17-9-3-5-12(17)6-4-10-18/h7-8,11-12,18H,2-6,9-10H2,1H3,(H,15,16). The molecule has 1 unspecified atom stereocenters. The lowest BCUT2D eigenvalue weighted by molar-refractivity contribution is 0.264. The minimum atomic E-state index is -3.54. The van der Waals surface area contributed by atoms with Gasteiger partial charge in [-0.05, 0) is 38.7 Å². The zero-order chi connectivity index (χ0) is 15.3. The largest absolute Gasteiger partial charge is 0.396 e. The number of aliphatic hydroxyl groups is 1. The summed E-state index contributed by atoms with van der Waals surface area (Å²) < 4.78 is 27.3. The Hall–Kier alpha value is -1.18. The van der Waals surface area contributed by atoms with Crippen LogP contribution in [0, 0.1) is 0 Å². The summed E-state index contributed by atoms with van der Waals surface area (Å²) in [5.41, 5.74) is 0.598. The van der Waals surface area contributed by atoms with Crippen LogP contribution in [0.5, 0.6) is 0 Å². The zero-order valence-corrected chi connectivity index (χ0v) is 13.1. The van der Waals surface area contributed by atoms with Gasteiger partial charge in [-0.2, -0.15) is 4.31 Å². The third kappa shape index (κ3) is 3.53. The lowest BCUT2D eigenvalue weighted by Crippen LogP contribution is -2.36. The zero-order valence-electron chi connectivity index (χ0n) is 12.3. The van der Waals surface area contributed by atoms with Crippen molar-refractivity contribution in [2.45, 2.75) is 43.5 Å². The molecular formula is C14H23N3O3S. The van der Waals surface area contributed by atoms with E-state index >= 15 is 0 Å². The van der Waals surface area contributed by atoms with Crippen molar-refractivity contribution in [1.29, 1.82) is 0 Å². The molecule has 0 saturated carbocycles. The van der Waals surface area contributed by atoms with E-state index in [0.29, 0.717) is 31.6 Å². The second-order valence-electron chi connectivity index (χ2n) is 5.18. The molecule has 2 rings (SSSR count). The van der Waals surface area contributed by atoms with Gasteiger partial charge in [0.05, 0.1) is 5.69 Å². The van der Waals surface area contributed by atoms with Gasteiger partial charge < -0.3 is 10.4 Å². The maximum absolute atomic E-state index is 12.9. The molecular weight excluding hydrogens is 290 g/mol. The van der Waals surface area contributed by atoms with Gasteiger partial charge in [-0.25, -0.2) is 8.42 Å². The fraction of sp³-hybridized carbons (Fsp3) is 0.643. The number of nitrogens with zero attached hydrogens (tertiary/aromatic N) is 2. The minimum Gasteiger partial charge on any atom is -0.396 e. The van der Waals surface area contributed by atoms with Crippen LogP contribution in [0.2, 0.25) is 0 Å². The van der Waals surface area contributed by atoms with Crippen LogP contribution in [-0.4, -0.2) is 48.6 Å². The Balaban J connectivity index is 2.29. The Morgan fingerprint density at radius 2 is 2.33 bits per heavy atom. The summed E-state index contributed by atoms with van der Waals surface area (Å²) in [6.07, 6.45) is 6.05. The molecule has 1 aliphatic rings. The second kappa shape index (κ2) is 7.20. The van der Waals surface area contributed by atoms with Crippen LogP contribution < -0.4 is 5.32 Å². The molecule has 21 heavy (non-hydrogen) atoms. The number of hydrogen-bond donors (Lipinski definition) is 2. The third-order valence-electron chi connectivity index (χ3n) is 3.76. The van der Waals surface area contributed by atoms with E-state index in [1.54, 1.807) is 16.6 Å². The molecule has 1 atom stereocenters. The lowest BCUT2D eigenvalue weighted by Gasteiger charge is -2.25. The summed E-state index contributed by atoms with van der Waals surface area (Å²) >= 11 is 0. The second-order valence-corrected chi connectivity index (χ2v) is 7.04. The number of nitrogens with one attached hydrogen (secondary N) is 1. The summed E-state index contributed by atoms with van der Waals surface area (Å²) in [4.78, 5) is 4.21. The maximum atomic E-state index is 12.9. The number of hydrogen-bond acceptors (Lipinski definition) is 5. The molecule has 1 aliphatic heterocycles. The summed E-state index contributed by atoms with van der Waals surface area (Å²) in [7, 11) is -3.54. The number of anilines is 1. The van der Waals surface area contributed by atoms with E-state index < -0.39 is 10.0 Å². The highest BCUT2D eigenvalue weighted by Gasteiger charge is 2.36. The van der Waals surface area contributed by atoms with E-state index in [0.717, 1.165) is 12.8 Å². The van der Waals surface area contributed by atoms with Crippen LogP contribution in [0.25, 0.3) is 0 Å². The average molecular weight is 313 g/mol. The Labute approximate surface area is 126 Å². The highest BCUT2D eigenvalue weighted by molar-refractivity contribution is 7.89. The molecule has 0 spiro atoms. The molecule has 0 bridgehead atoms. The Bertz CT molecular complexity index is 562. The summed E-state index contributed by atoms with van der Waals surface area (Å²) in [5, 5.41) is 12.0. The van der Waals surface area contributed by atoms with E-state index in [1.807, 2.05) is 6.92 Å². The van der Waals surface area contributed by atoms with Gasteiger partial charge in [-0.15, -0.1) is 0 Å². The first kappa shape index (κ1) is 16.2. The van der Waals surface area contributed by atoms with Gasteiger partial charge in [0.15, 0.2) is 0 Å². The first-order valence-corrected chi connectivity index (χ1v) is 8.85. The number of aromatic nitrogens is 1. The summed E-state index contributed by atoms with van der Waals surface area (Å²) in [6, 6.07) is 1.67. The minimum absolute atomic E-state index is 0.0168. The normalized spacial score (nSPS) is 19.8. The Morgan fingerprint density at radius 1 is 1.52 bits per heavy atom. The first-order valence-electron chi connectivity index (χ1n) is 7.41. The molecule has 118 valence electrons. The molecule has 6 nitrogen and oxygen atoms in total. The monoisotopic (exact) mass is 313 g/mol.